The van der Waals surface area contributed by atoms with Crippen LogP contribution < -0.4 is 16.1 Å². The van der Waals surface area contributed by atoms with Crippen molar-refractivity contribution in [2.75, 3.05) is 26.2 Å². The van der Waals surface area contributed by atoms with E-state index in [1.807, 2.05) is 6.20 Å². The summed E-state index contributed by atoms with van der Waals surface area (Å²) in [5, 5.41) is 26.4. The first kappa shape index (κ1) is 29.4. The molecule has 43 heavy (non-hydrogen) atoms. The molecule has 1 fully saturated rings. The SMILES string of the molecule is C=CN1CC(CNC(=O)CCCCCNC(=O)c2ccc(-c3c4ccc(=O)cc-4oc4cc(O)ccc34)c(C(=O)O)c2)C1. The number of carboxylic acid groups (broad SMARTS) is 1. The Morgan fingerprint density at radius 2 is 1.77 bits per heavy atom. The fourth-order valence-electron chi connectivity index (χ4n) is 5.36. The fourth-order valence-corrected chi connectivity index (χ4v) is 5.36. The molecule has 0 saturated carbocycles. The molecule has 222 valence electrons. The maximum Gasteiger partial charge on any atom is 0.336 e. The van der Waals surface area contributed by atoms with Gasteiger partial charge in [-0.2, -0.15) is 0 Å². The molecule has 3 aliphatic rings. The third-order valence-electron chi connectivity index (χ3n) is 7.66. The second kappa shape index (κ2) is 12.8. The van der Waals surface area contributed by atoms with Crippen LogP contribution in [-0.2, 0) is 4.79 Å². The van der Waals surface area contributed by atoms with Crippen molar-refractivity contribution >= 4 is 28.8 Å². The van der Waals surface area contributed by atoms with Crippen molar-refractivity contribution in [3.8, 4) is 28.2 Å². The summed E-state index contributed by atoms with van der Waals surface area (Å²) in [5.41, 5.74) is 1.48. The van der Waals surface area contributed by atoms with Gasteiger partial charge in [0.1, 0.15) is 17.1 Å². The lowest BCUT2D eigenvalue weighted by Crippen LogP contribution is -2.48. The van der Waals surface area contributed by atoms with Gasteiger partial charge in [0.25, 0.3) is 5.91 Å². The summed E-state index contributed by atoms with van der Waals surface area (Å²) >= 11 is 0. The number of rotatable bonds is 12. The van der Waals surface area contributed by atoms with E-state index in [2.05, 4.69) is 22.1 Å². The Morgan fingerprint density at radius 3 is 2.53 bits per heavy atom. The van der Waals surface area contributed by atoms with Gasteiger partial charge >= 0.3 is 5.97 Å². The van der Waals surface area contributed by atoms with E-state index in [1.165, 1.54) is 30.3 Å². The van der Waals surface area contributed by atoms with Crippen LogP contribution in [0.25, 0.3) is 33.4 Å². The minimum atomic E-state index is -1.22. The molecule has 2 amide bonds. The van der Waals surface area contributed by atoms with Gasteiger partial charge in [0.15, 0.2) is 5.43 Å². The van der Waals surface area contributed by atoms with Crippen molar-refractivity contribution in [1.29, 1.82) is 0 Å². The van der Waals surface area contributed by atoms with Gasteiger partial charge in [0.2, 0.25) is 5.91 Å². The van der Waals surface area contributed by atoms with Gasteiger partial charge in [-0.1, -0.05) is 19.1 Å². The predicted molar refractivity (Wildman–Crippen MR) is 162 cm³/mol. The summed E-state index contributed by atoms with van der Waals surface area (Å²) in [6.07, 6.45) is 4.39. The van der Waals surface area contributed by atoms with Crippen molar-refractivity contribution in [2.45, 2.75) is 25.7 Å². The highest BCUT2D eigenvalue weighted by Crippen LogP contribution is 2.42. The highest BCUT2D eigenvalue weighted by molar-refractivity contribution is 6.09. The number of carboxylic acids is 1. The average molecular weight is 584 g/mol. The molecule has 10 heteroatoms. The molecule has 10 nitrogen and oxygen atoms in total. The monoisotopic (exact) mass is 583 g/mol. The van der Waals surface area contributed by atoms with Gasteiger partial charge in [-0.15, -0.1) is 0 Å². The molecular formula is C33H33N3O7. The molecule has 0 atom stereocenters. The highest BCUT2D eigenvalue weighted by Gasteiger charge is 2.24. The quantitative estimate of drug-likeness (QED) is 0.141. The molecule has 2 aromatic rings. The first-order chi connectivity index (χ1) is 20.7. The summed E-state index contributed by atoms with van der Waals surface area (Å²) in [5.74, 6) is -0.927. The van der Waals surface area contributed by atoms with Crippen molar-refractivity contribution in [3.05, 3.63) is 88.7 Å². The maximum absolute atomic E-state index is 12.9. The Morgan fingerprint density at radius 1 is 0.977 bits per heavy atom. The van der Waals surface area contributed by atoms with E-state index >= 15 is 0 Å². The lowest BCUT2D eigenvalue weighted by atomic mass is 9.90. The highest BCUT2D eigenvalue weighted by atomic mass is 16.4. The van der Waals surface area contributed by atoms with E-state index in [1.54, 1.807) is 24.3 Å². The van der Waals surface area contributed by atoms with Crippen molar-refractivity contribution < 1.29 is 29.0 Å². The van der Waals surface area contributed by atoms with Crippen molar-refractivity contribution in [3.63, 3.8) is 0 Å². The average Bonchev–Trinajstić information content (AvgIpc) is 2.96. The number of likely N-dealkylation sites (tertiary alicyclic amines) is 1. The van der Waals surface area contributed by atoms with Crippen LogP contribution in [0.2, 0.25) is 0 Å². The third kappa shape index (κ3) is 6.69. The largest absolute Gasteiger partial charge is 0.508 e. The first-order valence-electron chi connectivity index (χ1n) is 14.2. The molecule has 0 radical (unpaired) electrons. The van der Waals surface area contributed by atoms with Crippen molar-refractivity contribution in [1.82, 2.24) is 15.5 Å². The molecule has 0 aromatic heterocycles. The van der Waals surface area contributed by atoms with Crippen LogP contribution >= 0.6 is 0 Å². The third-order valence-corrected chi connectivity index (χ3v) is 7.66. The van der Waals surface area contributed by atoms with Crippen LogP contribution in [0, 0.1) is 5.92 Å². The number of benzene rings is 3. The molecule has 0 unspecified atom stereocenters. The zero-order chi connectivity index (χ0) is 30.5. The predicted octanol–water partition coefficient (Wildman–Crippen LogP) is 4.45. The summed E-state index contributed by atoms with van der Waals surface area (Å²) in [7, 11) is 0. The number of phenols is 1. The van der Waals surface area contributed by atoms with Crippen LogP contribution in [0.1, 0.15) is 46.4 Å². The topological polar surface area (TPSA) is 149 Å². The lowest BCUT2D eigenvalue weighted by molar-refractivity contribution is -0.121. The summed E-state index contributed by atoms with van der Waals surface area (Å²) < 4.78 is 5.86. The number of aromatic hydroxyl groups is 1. The number of amides is 2. The summed E-state index contributed by atoms with van der Waals surface area (Å²) in [6, 6.07) is 13.2. The van der Waals surface area contributed by atoms with Gasteiger partial charge in [-0.3, -0.25) is 14.4 Å². The zero-order valence-corrected chi connectivity index (χ0v) is 23.6. The van der Waals surface area contributed by atoms with Crippen LogP contribution in [0.3, 0.4) is 0 Å². The van der Waals surface area contributed by atoms with E-state index in [4.69, 9.17) is 4.42 Å². The van der Waals surface area contributed by atoms with Crippen LogP contribution in [-0.4, -0.2) is 59.1 Å². The number of fused-ring (bicyclic) bond motifs is 2. The molecule has 5 rings (SSSR count). The minimum Gasteiger partial charge on any atom is -0.508 e. The Kier molecular flexibility index (Phi) is 8.75. The second-order valence-electron chi connectivity index (χ2n) is 10.8. The molecule has 1 saturated heterocycles. The summed E-state index contributed by atoms with van der Waals surface area (Å²) in [4.78, 5) is 51.4. The maximum atomic E-state index is 12.9. The van der Waals surface area contributed by atoms with E-state index in [-0.39, 0.29) is 39.6 Å². The number of hydrogen-bond donors (Lipinski definition) is 4. The molecular weight excluding hydrogens is 550 g/mol. The normalized spacial score (nSPS) is 13.1. The number of carbonyl (C=O) groups excluding carboxylic acids is 2. The van der Waals surface area contributed by atoms with E-state index < -0.39 is 11.9 Å². The fraction of sp³-hybridized carbons (Fsp3) is 0.273. The standard InChI is InChI=1S/C33H33N3O7/c1-2-36-18-20(19-36)17-35-30(39)6-4-3-5-13-34-32(40)21-7-10-24(27(14-21)33(41)42)31-25-11-8-22(37)15-28(25)43-29-16-23(38)9-12-26(29)31/h2,7-12,14-16,20,37H,1,3-6,13,17-19H2,(H,34,40)(H,35,39)(H,41,42). The van der Waals surface area contributed by atoms with Crippen LogP contribution in [0.15, 0.2) is 76.6 Å². The Bertz CT molecular complexity index is 1720. The van der Waals surface area contributed by atoms with E-state index in [0.29, 0.717) is 60.3 Å². The second-order valence-corrected chi connectivity index (χ2v) is 10.8. The first-order valence-corrected chi connectivity index (χ1v) is 14.2. The number of aromatic carboxylic acids is 1. The van der Waals surface area contributed by atoms with Gasteiger partial charge in [-0.05, 0) is 61.0 Å². The molecule has 2 aliphatic heterocycles. The number of nitrogens with zero attached hydrogens (tertiary/aromatic N) is 1. The Labute approximate surface area is 248 Å². The zero-order valence-electron chi connectivity index (χ0n) is 23.6. The molecule has 0 bridgehead atoms. The molecule has 4 N–H and O–H groups in total. The van der Waals surface area contributed by atoms with Crippen LogP contribution in [0.4, 0.5) is 0 Å². The molecule has 0 spiro atoms. The number of unbranched alkanes of at least 4 members (excludes halogenated alkanes) is 2. The number of carbonyl (C=O) groups is 3. The lowest BCUT2D eigenvalue weighted by Gasteiger charge is -2.38. The smallest absolute Gasteiger partial charge is 0.336 e. The Balaban J connectivity index is 1.23. The van der Waals surface area contributed by atoms with Crippen molar-refractivity contribution in [2.24, 2.45) is 5.92 Å². The van der Waals surface area contributed by atoms with Gasteiger partial charge < -0.3 is 30.2 Å². The minimum absolute atomic E-state index is 0.0280. The van der Waals surface area contributed by atoms with Gasteiger partial charge in [0, 0.05) is 72.7 Å². The number of hydrogen-bond acceptors (Lipinski definition) is 7. The number of phenolic OH excluding ortho intramolecular Hbond substituents is 1. The molecule has 2 heterocycles. The van der Waals surface area contributed by atoms with Crippen LogP contribution in [0.5, 0.6) is 5.75 Å². The van der Waals surface area contributed by atoms with E-state index in [0.717, 1.165) is 19.5 Å². The molecule has 2 aromatic carbocycles. The van der Waals surface area contributed by atoms with E-state index in [9.17, 15) is 29.4 Å². The number of nitrogens with one attached hydrogen (secondary N) is 2. The Hall–Kier alpha value is -5.12. The molecule has 1 aliphatic carbocycles. The van der Waals surface area contributed by atoms with Gasteiger partial charge in [0.05, 0.1) is 5.56 Å². The van der Waals surface area contributed by atoms with Gasteiger partial charge in [-0.25, -0.2) is 4.79 Å². The summed E-state index contributed by atoms with van der Waals surface area (Å²) in [6.45, 7) is 6.63.